The quantitative estimate of drug-likeness (QED) is 0.728. The molecule has 4 nitrogen and oxygen atoms in total. The Morgan fingerprint density at radius 3 is 1.81 bits per heavy atom. The Hall–Kier alpha value is -2.54. The Kier molecular flexibility index (Phi) is 5.85. The van der Waals surface area contributed by atoms with Crippen LogP contribution in [0.25, 0.3) is 0 Å². The largest absolute Gasteiger partial charge is 0.416 e. The van der Waals surface area contributed by atoms with Crippen LogP contribution in [0.3, 0.4) is 0 Å². The average molecular weight is 399 g/mol. The Labute approximate surface area is 159 Å². The first-order chi connectivity index (χ1) is 12.4. The molecule has 0 radical (unpaired) electrons. The number of benzene rings is 2. The number of nitrogens with zero attached hydrogens (tertiary/aromatic N) is 1. The third kappa shape index (κ3) is 5.23. The first kappa shape index (κ1) is 20.8. The summed E-state index contributed by atoms with van der Waals surface area (Å²) in [5.74, 6) is -1.17. The molecule has 0 aliphatic carbocycles. The molecule has 0 atom stereocenters. The van der Waals surface area contributed by atoms with Gasteiger partial charge in [0.15, 0.2) is 0 Å². The average Bonchev–Trinajstić information content (AvgIpc) is 2.58. The number of nitrogens with one attached hydrogen (secondary N) is 1. The maximum Gasteiger partial charge on any atom is 0.416 e. The summed E-state index contributed by atoms with van der Waals surface area (Å²) >= 11 is 5.79. The number of hydrogen-bond donors (Lipinski definition) is 1. The van der Waals surface area contributed by atoms with E-state index in [0.29, 0.717) is 5.02 Å². The van der Waals surface area contributed by atoms with E-state index in [2.05, 4.69) is 5.43 Å². The first-order valence-corrected chi connectivity index (χ1v) is 8.36. The molecule has 27 heavy (non-hydrogen) atoms. The summed E-state index contributed by atoms with van der Waals surface area (Å²) in [5.41, 5.74) is 1.15. The molecule has 2 rings (SSSR count). The highest BCUT2D eigenvalue weighted by Gasteiger charge is 2.32. The van der Waals surface area contributed by atoms with Crippen LogP contribution in [0.4, 0.5) is 13.2 Å². The van der Waals surface area contributed by atoms with Crippen LogP contribution in [-0.4, -0.2) is 22.4 Å². The Balaban J connectivity index is 2.26. The van der Waals surface area contributed by atoms with Crippen molar-refractivity contribution < 1.29 is 22.8 Å². The van der Waals surface area contributed by atoms with Gasteiger partial charge in [-0.15, -0.1) is 0 Å². The highest BCUT2D eigenvalue weighted by Crippen LogP contribution is 2.29. The van der Waals surface area contributed by atoms with Crippen LogP contribution in [0.5, 0.6) is 0 Å². The topological polar surface area (TPSA) is 49.4 Å². The molecular weight excluding hydrogens is 381 g/mol. The van der Waals surface area contributed by atoms with E-state index in [-0.39, 0.29) is 11.1 Å². The van der Waals surface area contributed by atoms with Crippen LogP contribution in [0, 0.1) is 0 Å². The summed E-state index contributed by atoms with van der Waals surface area (Å²) in [6, 6.07) is 9.90. The van der Waals surface area contributed by atoms with Gasteiger partial charge in [0.1, 0.15) is 0 Å². The van der Waals surface area contributed by atoms with Crippen molar-refractivity contribution in [3.8, 4) is 0 Å². The van der Waals surface area contributed by atoms with Gasteiger partial charge in [0.05, 0.1) is 11.1 Å². The molecule has 0 bridgehead atoms. The van der Waals surface area contributed by atoms with Crippen LogP contribution in [0.15, 0.2) is 48.5 Å². The molecule has 2 aromatic rings. The lowest BCUT2D eigenvalue weighted by Crippen LogP contribution is -2.55. The van der Waals surface area contributed by atoms with Crippen molar-refractivity contribution in [1.29, 1.82) is 0 Å². The van der Waals surface area contributed by atoms with Crippen LogP contribution in [0.2, 0.25) is 5.02 Å². The van der Waals surface area contributed by atoms with Crippen molar-refractivity contribution in [3.05, 3.63) is 70.2 Å². The number of halogens is 4. The van der Waals surface area contributed by atoms with Gasteiger partial charge in [0.2, 0.25) is 0 Å². The molecule has 0 aromatic heterocycles. The second kappa shape index (κ2) is 7.60. The molecule has 1 N–H and O–H groups in total. The maximum absolute atomic E-state index is 12.8. The molecule has 0 spiro atoms. The number of hydrazine groups is 1. The summed E-state index contributed by atoms with van der Waals surface area (Å²) in [4.78, 5) is 25.2. The molecular formula is C19H18ClF3N2O2. The van der Waals surface area contributed by atoms with Gasteiger partial charge >= 0.3 is 6.18 Å². The number of carbonyl (C=O) groups excluding carboxylic acids is 2. The predicted octanol–water partition coefficient (Wildman–Crippen LogP) is 4.94. The van der Waals surface area contributed by atoms with Crippen molar-refractivity contribution in [3.63, 3.8) is 0 Å². The van der Waals surface area contributed by atoms with E-state index in [9.17, 15) is 22.8 Å². The van der Waals surface area contributed by atoms with Gasteiger partial charge in [-0.05, 0) is 69.3 Å². The Morgan fingerprint density at radius 2 is 1.37 bits per heavy atom. The normalized spacial score (nSPS) is 11.8. The zero-order chi connectivity index (χ0) is 20.4. The van der Waals surface area contributed by atoms with Crippen molar-refractivity contribution in [2.24, 2.45) is 0 Å². The minimum atomic E-state index is -4.49. The maximum atomic E-state index is 12.8. The molecule has 144 valence electrons. The summed E-state index contributed by atoms with van der Waals surface area (Å²) in [6.45, 7) is 5.07. The first-order valence-electron chi connectivity index (χ1n) is 7.98. The molecule has 0 heterocycles. The molecule has 0 aliphatic heterocycles. The lowest BCUT2D eigenvalue weighted by Gasteiger charge is -2.35. The molecule has 8 heteroatoms. The van der Waals surface area contributed by atoms with E-state index in [0.717, 1.165) is 29.3 Å². The number of alkyl halides is 3. The second-order valence-corrected chi connectivity index (χ2v) is 7.27. The molecule has 0 saturated heterocycles. The SMILES string of the molecule is CC(C)(C)N(NC(=O)c1ccc(Cl)cc1)C(=O)c1ccc(C(F)(F)F)cc1. The van der Waals surface area contributed by atoms with E-state index in [4.69, 9.17) is 11.6 Å². The van der Waals surface area contributed by atoms with Crippen molar-refractivity contribution in [2.45, 2.75) is 32.5 Å². The van der Waals surface area contributed by atoms with Crippen LogP contribution in [-0.2, 0) is 6.18 Å². The monoisotopic (exact) mass is 398 g/mol. The number of carbonyl (C=O) groups is 2. The van der Waals surface area contributed by atoms with Gasteiger partial charge in [0.25, 0.3) is 11.8 Å². The van der Waals surface area contributed by atoms with Gasteiger partial charge < -0.3 is 0 Å². The summed E-state index contributed by atoms with van der Waals surface area (Å²) in [5, 5.41) is 1.55. The van der Waals surface area contributed by atoms with E-state index in [1.165, 1.54) is 24.3 Å². The summed E-state index contributed by atoms with van der Waals surface area (Å²) in [6.07, 6.45) is -4.49. The smallest absolute Gasteiger partial charge is 0.267 e. The van der Waals surface area contributed by atoms with Crippen molar-refractivity contribution in [1.82, 2.24) is 10.4 Å². The van der Waals surface area contributed by atoms with E-state index in [1.807, 2.05) is 0 Å². The minimum absolute atomic E-state index is 0.0225. The van der Waals surface area contributed by atoms with Crippen LogP contribution >= 0.6 is 11.6 Å². The molecule has 2 amide bonds. The van der Waals surface area contributed by atoms with Gasteiger partial charge in [-0.3, -0.25) is 15.0 Å². The highest BCUT2D eigenvalue weighted by atomic mass is 35.5. The van der Waals surface area contributed by atoms with Crippen molar-refractivity contribution >= 4 is 23.4 Å². The molecule has 0 fully saturated rings. The highest BCUT2D eigenvalue weighted by molar-refractivity contribution is 6.30. The molecule has 0 saturated carbocycles. The van der Waals surface area contributed by atoms with Gasteiger partial charge in [0, 0.05) is 16.1 Å². The van der Waals surface area contributed by atoms with Gasteiger partial charge in [-0.25, -0.2) is 5.01 Å². The molecule has 0 aliphatic rings. The fourth-order valence-corrected chi connectivity index (χ4v) is 2.35. The standard InChI is InChI=1S/C19H18ClF3N2O2/c1-18(2,3)25(24-16(26)12-6-10-15(20)11-7-12)17(27)13-4-8-14(9-5-13)19(21,22)23/h4-11H,1-3H3,(H,24,26). The van der Waals surface area contributed by atoms with Crippen LogP contribution in [0.1, 0.15) is 47.1 Å². The van der Waals surface area contributed by atoms with E-state index in [1.54, 1.807) is 20.8 Å². The third-order valence-corrected chi connectivity index (χ3v) is 3.90. The van der Waals surface area contributed by atoms with E-state index >= 15 is 0 Å². The second-order valence-electron chi connectivity index (χ2n) is 6.83. The third-order valence-electron chi connectivity index (χ3n) is 3.65. The fourth-order valence-electron chi connectivity index (χ4n) is 2.22. The van der Waals surface area contributed by atoms with Crippen LogP contribution < -0.4 is 5.43 Å². The molecule has 0 unspecified atom stereocenters. The van der Waals surface area contributed by atoms with Crippen molar-refractivity contribution in [2.75, 3.05) is 0 Å². The number of rotatable bonds is 2. The number of amides is 2. The van der Waals surface area contributed by atoms with Gasteiger partial charge in [-0.2, -0.15) is 13.2 Å². The summed E-state index contributed by atoms with van der Waals surface area (Å²) in [7, 11) is 0. The van der Waals surface area contributed by atoms with Gasteiger partial charge in [-0.1, -0.05) is 11.6 Å². The zero-order valence-corrected chi connectivity index (χ0v) is 15.7. The van der Waals surface area contributed by atoms with E-state index < -0.39 is 29.1 Å². The lowest BCUT2D eigenvalue weighted by atomic mass is 10.1. The fraction of sp³-hybridized carbons (Fsp3) is 0.263. The Bertz CT molecular complexity index is 826. The Morgan fingerprint density at radius 1 is 0.889 bits per heavy atom. The summed E-state index contributed by atoms with van der Waals surface area (Å²) < 4.78 is 38.1. The minimum Gasteiger partial charge on any atom is -0.267 e. The zero-order valence-electron chi connectivity index (χ0n) is 14.9. The number of hydrogen-bond acceptors (Lipinski definition) is 2. The predicted molar refractivity (Wildman–Crippen MR) is 96.3 cm³/mol. The lowest BCUT2D eigenvalue weighted by molar-refractivity contribution is -0.137. The molecule has 2 aromatic carbocycles.